The molecule has 0 aliphatic rings. The Labute approximate surface area is 140 Å². The van der Waals surface area contributed by atoms with E-state index in [-0.39, 0.29) is 21.8 Å². The van der Waals surface area contributed by atoms with Crippen LogP contribution in [0.1, 0.15) is 55.9 Å². The van der Waals surface area contributed by atoms with Crippen LogP contribution in [0.25, 0.3) is 0 Å². The van der Waals surface area contributed by atoms with E-state index >= 15 is 0 Å². The second-order valence-corrected chi connectivity index (χ2v) is 8.57. The third-order valence-electron chi connectivity index (χ3n) is 3.24. The molecule has 0 unspecified atom stereocenters. The standard InChI is InChI=1S/C16H20N2O5S/c1-10(13-17-15(18-23-13)16(2,3)4)22-14(19)11-7-6-8-12(9-11)24(5,20)21/h6-10H,1-5H3/t10-/m0/s1. The Morgan fingerprint density at radius 3 is 2.50 bits per heavy atom. The molecule has 0 saturated heterocycles. The van der Waals surface area contributed by atoms with Crippen LogP contribution in [0.3, 0.4) is 0 Å². The zero-order valence-electron chi connectivity index (χ0n) is 14.2. The van der Waals surface area contributed by atoms with Crippen LogP contribution in [0.4, 0.5) is 0 Å². The topological polar surface area (TPSA) is 99.4 Å². The van der Waals surface area contributed by atoms with E-state index < -0.39 is 21.9 Å². The second kappa shape index (κ2) is 6.35. The number of hydrogen-bond acceptors (Lipinski definition) is 7. The first-order chi connectivity index (χ1) is 11.0. The van der Waals surface area contributed by atoms with Gasteiger partial charge in [0, 0.05) is 11.7 Å². The van der Waals surface area contributed by atoms with E-state index in [4.69, 9.17) is 9.26 Å². The number of ether oxygens (including phenoxy) is 1. The minimum absolute atomic E-state index is 0.0532. The van der Waals surface area contributed by atoms with E-state index in [1.54, 1.807) is 6.92 Å². The Bertz CT molecular complexity index is 849. The van der Waals surface area contributed by atoms with Gasteiger partial charge >= 0.3 is 5.97 Å². The van der Waals surface area contributed by atoms with Gasteiger partial charge in [-0.05, 0) is 25.1 Å². The highest BCUT2D eigenvalue weighted by atomic mass is 32.2. The lowest BCUT2D eigenvalue weighted by atomic mass is 9.96. The summed E-state index contributed by atoms with van der Waals surface area (Å²) in [5.74, 6) is 0.0375. The minimum atomic E-state index is -3.40. The molecule has 1 aromatic heterocycles. The second-order valence-electron chi connectivity index (χ2n) is 6.55. The number of nitrogens with zero attached hydrogens (tertiary/aromatic N) is 2. The summed E-state index contributed by atoms with van der Waals surface area (Å²) in [5, 5.41) is 3.88. The molecular weight excluding hydrogens is 332 g/mol. The zero-order chi connectivity index (χ0) is 18.1. The first kappa shape index (κ1) is 18.1. The summed E-state index contributed by atoms with van der Waals surface area (Å²) < 4.78 is 33.5. The van der Waals surface area contributed by atoms with Gasteiger partial charge in [0.2, 0.25) is 0 Å². The van der Waals surface area contributed by atoms with Crippen molar-refractivity contribution in [2.24, 2.45) is 0 Å². The van der Waals surface area contributed by atoms with E-state index in [1.165, 1.54) is 24.3 Å². The molecule has 0 N–H and O–H groups in total. The average molecular weight is 352 g/mol. The van der Waals surface area contributed by atoms with E-state index in [9.17, 15) is 13.2 Å². The SMILES string of the molecule is C[C@H](OC(=O)c1cccc(S(C)(=O)=O)c1)c1nc(C(C)(C)C)no1. The van der Waals surface area contributed by atoms with E-state index in [1.807, 2.05) is 20.8 Å². The van der Waals surface area contributed by atoms with Crippen molar-refractivity contribution in [3.63, 3.8) is 0 Å². The Morgan fingerprint density at radius 1 is 1.29 bits per heavy atom. The number of sulfone groups is 1. The highest BCUT2D eigenvalue weighted by molar-refractivity contribution is 7.90. The molecule has 0 amide bonds. The average Bonchev–Trinajstić information content (AvgIpc) is 2.96. The fourth-order valence-corrected chi connectivity index (χ4v) is 2.50. The molecule has 0 radical (unpaired) electrons. The predicted molar refractivity (Wildman–Crippen MR) is 86.4 cm³/mol. The molecule has 0 aliphatic carbocycles. The number of rotatable bonds is 4. The lowest BCUT2D eigenvalue weighted by Crippen LogP contribution is -2.14. The van der Waals surface area contributed by atoms with Crippen molar-refractivity contribution in [3.05, 3.63) is 41.5 Å². The van der Waals surface area contributed by atoms with Gasteiger partial charge in [-0.3, -0.25) is 0 Å². The first-order valence-electron chi connectivity index (χ1n) is 7.33. The quantitative estimate of drug-likeness (QED) is 0.780. The number of benzene rings is 1. The fourth-order valence-electron chi connectivity index (χ4n) is 1.84. The maximum Gasteiger partial charge on any atom is 0.338 e. The number of hydrogen-bond donors (Lipinski definition) is 0. The van der Waals surface area contributed by atoms with Gasteiger partial charge in [0.05, 0.1) is 10.5 Å². The van der Waals surface area contributed by atoms with Crippen LogP contribution in [0, 0.1) is 0 Å². The van der Waals surface area contributed by atoms with Gasteiger partial charge in [0.25, 0.3) is 5.89 Å². The zero-order valence-corrected chi connectivity index (χ0v) is 15.0. The molecule has 1 atom stereocenters. The van der Waals surface area contributed by atoms with Crippen molar-refractivity contribution >= 4 is 15.8 Å². The van der Waals surface area contributed by atoms with Gasteiger partial charge in [0.1, 0.15) is 0 Å². The van der Waals surface area contributed by atoms with Gasteiger partial charge in [-0.1, -0.05) is 32.0 Å². The summed E-state index contributed by atoms with van der Waals surface area (Å²) in [6, 6.07) is 5.67. The Balaban J connectivity index is 2.16. The Kier molecular flexibility index (Phi) is 4.80. The monoisotopic (exact) mass is 352 g/mol. The van der Waals surface area contributed by atoms with Gasteiger partial charge in [-0.2, -0.15) is 4.98 Å². The normalized spacial score (nSPS) is 13.5. The lowest BCUT2D eigenvalue weighted by molar-refractivity contribution is 0.0265. The number of aromatic nitrogens is 2. The van der Waals surface area contributed by atoms with Gasteiger partial charge in [-0.15, -0.1) is 0 Å². The molecule has 1 aromatic carbocycles. The molecule has 0 spiro atoms. The van der Waals surface area contributed by atoms with E-state index in [2.05, 4.69) is 10.1 Å². The summed E-state index contributed by atoms with van der Waals surface area (Å²) in [6.07, 6.45) is 0.329. The number of carbonyl (C=O) groups is 1. The molecule has 1 heterocycles. The molecule has 2 aromatic rings. The highest BCUT2D eigenvalue weighted by Gasteiger charge is 2.25. The lowest BCUT2D eigenvalue weighted by Gasteiger charge is -2.12. The Hall–Kier alpha value is -2.22. The molecule has 24 heavy (non-hydrogen) atoms. The molecule has 8 heteroatoms. The maximum absolute atomic E-state index is 12.2. The molecule has 2 rings (SSSR count). The number of esters is 1. The van der Waals surface area contributed by atoms with Crippen molar-refractivity contribution in [3.8, 4) is 0 Å². The summed E-state index contributed by atoms with van der Waals surface area (Å²) in [6.45, 7) is 7.43. The van der Waals surface area contributed by atoms with E-state index in [0.717, 1.165) is 6.26 Å². The van der Waals surface area contributed by atoms with Crippen molar-refractivity contribution in [2.75, 3.05) is 6.26 Å². The molecule has 0 bridgehead atoms. The predicted octanol–water partition coefficient (Wildman–Crippen LogP) is 2.69. The van der Waals surface area contributed by atoms with Crippen LogP contribution in [0.15, 0.2) is 33.7 Å². The molecule has 0 saturated carbocycles. The summed E-state index contributed by atoms with van der Waals surface area (Å²) >= 11 is 0. The molecule has 0 fully saturated rings. The van der Waals surface area contributed by atoms with Crippen LogP contribution < -0.4 is 0 Å². The van der Waals surface area contributed by atoms with Crippen molar-refractivity contribution in [2.45, 2.75) is 44.1 Å². The highest BCUT2D eigenvalue weighted by Crippen LogP contribution is 2.23. The molecule has 130 valence electrons. The van der Waals surface area contributed by atoms with Gasteiger partial charge < -0.3 is 9.26 Å². The Morgan fingerprint density at radius 2 is 1.96 bits per heavy atom. The third-order valence-corrected chi connectivity index (χ3v) is 4.35. The molecular formula is C16H20N2O5S. The summed E-state index contributed by atoms with van der Waals surface area (Å²) in [4.78, 5) is 16.5. The van der Waals surface area contributed by atoms with Gasteiger partial charge in [-0.25, -0.2) is 13.2 Å². The maximum atomic E-state index is 12.2. The van der Waals surface area contributed by atoms with Crippen molar-refractivity contribution in [1.29, 1.82) is 0 Å². The third kappa shape index (κ3) is 4.19. The van der Waals surface area contributed by atoms with Crippen LogP contribution in [0.2, 0.25) is 0 Å². The minimum Gasteiger partial charge on any atom is -0.449 e. The first-order valence-corrected chi connectivity index (χ1v) is 9.23. The van der Waals surface area contributed by atoms with Crippen LogP contribution >= 0.6 is 0 Å². The smallest absolute Gasteiger partial charge is 0.338 e. The van der Waals surface area contributed by atoms with Crippen LogP contribution in [-0.2, 0) is 20.0 Å². The van der Waals surface area contributed by atoms with Crippen molar-refractivity contribution in [1.82, 2.24) is 10.1 Å². The van der Waals surface area contributed by atoms with E-state index in [0.29, 0.717) is 5.82 Å². The summed E-state index contributed by atoms with van der Waals surface area (Å²) in [5.41, 5.74) is -0.143. The molecule has 7 nitrogen and oxygen atoms in total. The van der Waals surface area contributed by atoms with Crippen LogP contribution in [-0.4, -0.2) is 30.8 Å². The molecule has 0 aliphatic heterocycles. The van der Waals surface area contributed by atoms with Crippen molar-refractivity contribution < 1.29 is 22.5 Å². The van der Waals surface area contributed by atoms with Gasteiger partial charge in [0.15, 0.2) is 21.8 Å². The number of carbonyl (C=O) groups excluding carboxylic acids is 1. The summed E-state index contributed by atoms with van der Waals surface area (Å²) in [7, 11) is -3.40. The fraction of sp³-hybridized carbons (Fsp3) is 0.438. The largest absolute Gasteiger partial charge is 0.449 e. The van der Waals surface area contributed by atoms with Crippen LogP contribution in [0.5, 0.6) is 0 Å².